The first kappa shape index (κ1) is 18.8. The van der Waals surface area contributed by atoms with Gasteiger partial charge >= 0.3 is 0 Å². The van der Waals surface area contributed by atoms with E-state index in [0.29, 0.717) is 21.7 Å². The van der Waals surface area contributed by atoms with Gasteiger partial charge in [-0.05, 0) is 43.7 Å². The predicted octanol–water partition coefficient (Wildman–Crippen LogP) is 6.36. The van der Waals surface area contributed by atoms with E-state index in [0.717, 1.165) is 27.0 Å². The summed E-state index contributed by atoms with van der Waals surface area (Å²) in [6.45, 7) is 3.81. The summed E-state index contributed by atoms with van der Waals surface area (Å²) >= 11 is 15.4. The molecule has 0 aliphatic heterocycles. The molecule has 0 aliphatic rings. The van der Waals surface area contributed by atoms with Crippen molar-refractivity contribution in [2.24, 2.45) is 5.10 Å². The van der Waals surface area contributed by atoms with Crippen LogP contribution >= 0.6 is 39.1 Å². The molecule has 0 saturated carbocycles. The number of hydrazone groups is 1. The molecule has 0 spiro atoms. The topological polar surface area (TPSA) is 50.2 Å². The standard InChI is InChI=1S/C19H15BrCl2N4/c1-11-9-18(24-19(23-11)13-3-6-15(20)7-4-13)26-25-12(2)14-5-8-16(21)17(22)10-14/h3-10H,1-2H3,(H,23,24,26)/b25-12-. The quantitative estimate of drug-likeness (QED) is 0.372. The van der Waals surface area contributed by atoms with Gasteiger partial charge in [0.15, 0.2) is 11.6 Å². The maximum atomic E-state index is 6.06. The van der Waals surface area contributed by atoms with Gasteiger partial charge in [-0.2, -0.15) is 5.10 Å². The van der Waals surface area contributed by atoms with E-state index in [2.05, 4.69) is 36.4 Å². The van der Waals surface area contributed by atoms with Gasteiger partial charge in [0.2, 0.25) is 0 Å². The molecule has 0 amide bonds. The summed E-state index contributed by atoms with van der Waals surface area (Å²) in [5, 5.41) is 5.40. The molecule has 0 radical (unpaired) electrons. The zero-order valence-electron chi connectivity index (χ0n) is 14.1. The Hall–Kier alpha value is -1.95. The molecule has 0 atom stereocenters. The third-order valence-electron chi connectivity index (χ3n) is 3.63. The van der Waals surface area contributed by atoms with E-state index < -0.39 is 0 Å². The Bertz CT molecular complexity index is 972. The molecule has 3 rings (SSSR count). The third-order valence-corrected chi connectivity index (χ3v) is 4.90. The largest absolute Gasteiger partial charge is 0.261 e. The van der Waals surface area contributed by atoms with E-state index in [1.165, 1.54) is 0 Å². The maximum absolute atomic E-state index is 6.06. The van der Waals surface area contributed by atoms with Crippen LogP contribution in [0.4, 0.5) is 5.82 Å². The highest BCUT2D eigenvalue weighted by atomic mass is 79.9. The normalized spacial score (nSPS) is 11.5. The Balaban J connectivity index is 1.85. The molecular weight excluding hydrogens is 435 g/mol. The number of benzene rings is 2. The summed E-state index contributed by atoms with van der Waals surface area (Å²) in [5.41, 5.74) is 6.42. The Morgan fingerprint density at radius 1 is 1.00 bits per heavy atom. The number of aromatic nitrogens is 2. The maximum Gasteiger partial charge on any atom is 0.161 e. The lowest BCUT2D eigenvalue weighted by molar-refractivity contribution is 1.09. The van der Waals surface area contributed by atoms with Crippen molar-refractivity contribution in [3.63, 3.8) is 0 Å². The van der Waals surface area contributed by atoms with Gasteiger partial charge in [-0.3, -0.25) is 5.43 Å². The minimum Gasteiger partial charge on any atom is -0.261 e. The number of rotatable bonds is 4. The fourth-order valence-electron chi connectivity index (χ4n) is 2.28. The van der Waals surface area contributed by atoms with Gasteiger partial charge in [0.25, 0.3) is 0 Å². The third kappa shape index (κ3) is 4.61. The van der Waals surface area contributed by atoms with E-state index in [1.54, 1.807) is 12.1 Å². The van der Waals surface area contributed by atoms with E-state index in [9.17, 15) is 0 Å². The molecule has 26 heavy (non-hydrogen) atoms. The molecule has 3 aromatic rings. The van der Waals surface area contributed by atoms with Crippen LogP contribution in [0.2, 0.25) is 10.0 Å². The number of nitrogens with one attached hydrogen (secondary N) is 1. The number of hydrogen-bond acceptors (Lipinski definition) is 4. The van der Waals surface area contributed by atoms with Crippen LogP contribution in [0.1, 0.15) is 18.2 Å². The van der Waals surface area contributed by atoms with Gasteiger partial charge in [0, 0.05) is 21.8 Å². The molecule has 0 unspecified atom stereocenters. The predicted molar refractivity (Wildman–Crippen MR) is 112 cm³/mol. The van der Waals surface area contributed by atoms with Gasteiger partial charge in [-0.25, -0.2) is 9.97 Å². The summed E-state index contributed by atoms with van der Waals surface area (Å²) in [7, 11) is 0. The van der Waals surface area contributed by atoms with E-state index in [1.807, 2.05) is 50.2 Å². The van der Waals surface area contributed by atoms with Gasteiger partial charge < -0.3 is 0 Å². The average molecular weight is 450 g/mol. The minimum atomic E-state index is 0.495. The van der Waals surface area contributed by atoms with Crippen LogP contribution in [0.15, 0.2) is 58.1 Å². The average Bonchev–Trinajstić information content (AvgIpc) is 2.62. The van der Waals surface area contributed by atoms with Gasteiger partial charge in [-0.15, -0.1) is 0 Å². The molecular formula is C19H15BrCl2N4. The van der Waals surface area contributed by atoms with Crippen molar-refractivity contribution in [2.75, 3.05) is 5.43 Å². The lowest BCUT2D eigenvalue weighted by Gasteiger charge is -2.07. The van der Waals surface area contributed by atoms with Crippen LogP contribution in [0.3, 0.4) is 0 Å². The van der Waals surface area contributed by atoms with Crippen LogP contribution < -0.4 is 5.43 Å². The summed E-state index contributed by atoms with van der Waals surface area (Å²) in [5.74, 6) is 1.26. The lowest BCUT2D eigenvalue weighted by Crippen LogP contribution is -2.03. The summed E-state index contributed by atoms with van der Waals surface area (Å²) in [4.78, 5) is 9.03. The Morgan fingerprint density at radius 2 is 1.73 bits per heavy atom. The highest BCUT2D eigenvalue weighted by Crippen LogP contribution is 2.23. The van der Waals surface area contributed by atoms with Gasteiger partial charge in [0.1, 0.15) is 0 Å². The molecule has 0 fully saturated rings. The van der Waals surface area contributed by atoms with Crippen molar-refractivity contribution >= 4 is 50.7 Å². The molecule has 0 saturated heterocycles. The second kappa shape index (κ2) is 8.16. The SMILES string of the molecule is C/C(=N/Nc1cc(C)nc(-c2ccc(Br)cc2)n1)c1ccc(Cl)c(Cl)c1. The van der Waals surface area contributed by atoms with E-state index >= 15 is 0 Å². The van der Waals surface area contributed by atoms with Crippen molar-refractivity contribution in [2.45, 2.75) is 13.8 Å². The van der Waals surface area contributed by atoms with Crippen LogP contribution in [0, 0.1) is 6.92 Å². The molecule has 0 bridgehead atoms. The number of aryl methyl sites for hydroxylation is 1. The number of anilines is 1. The molecule has 7 heteroatoms. The Morgan fingerprint density at radius 3 is 2.42 bits per heavy atom. The van der Waals surface area contributed by atoms with E-state index in [4.69, 9.17) is 23.2 Å². The second-order valence-corrected chi connectivity index (χ2v) is 7.39. The first-order valence-corrected chi connectivity index (χ1v) is 9.34. The molecule has 0 aliphatic carbocycles. The molecule has 4 nitrogen and oxygen atoms in total. The van der Waals surface area contributed by atoms with Crippen molar-refractivity contribution in [3.8, 4) is 11.4 Å². The van der Waals surface area contributed by atoms with Crippen LogP contribution in [-0.2, 0) is 0 Å². The molecule has 2 aromatic carbocycles. The summed E-state index contributed by atoms with van der Waals surface area (Å²) < 4.78 is 1.01. The minimum absolute atomic E-state index is 0.495. The second-order valence-electron chi connectivity index (χ2n) is 5.66. The van der Waals surface area contributed by atoms with Crippen molar-refractivity contribution < 1.29 is 0 Å². The number of hydrogen-bond donors (Lipinski definition) is 1. The monoisotopic (exact) mass is 448 g/mol. The summed E-state index contributed by atoms with van der Waals surface area (Å²) in [6, 6.07) is 15.1. The number of nitrogens with zero attached hydrogens (tertiary/aromatic N) is 3. The van der Waals surface area contributed by atoms with Crippen LogP contribution in [0.25, 0.3) is 11.4 Å². The molecule has 1 aromatic heterocycles. The smallest absolute Gasteiger partial charge is 0.161 e. The van der Waals surface area contributed by atoms with Gasteiger partial charge in [0.05, 0.1) is 15.8 Å². The lowest BCUT2D eigenvalue weighted by atomic mass is 10.1. The Kier molecular flexibility index (Phi) is 5.91. The fraction of sp³-hybridized carbons (Fsp3) is 0.105. The highest BCUT2D eigenvalue weighted by Gasteiger charge is 2.06. The first-order chi connectivity index (χ1) is 12.4. The van der Waals surface area contributed by atoms with E-state index in [-0.39, 0.29) is 0 Å². The van der Waals surface area contributed by atoms with Crippen LogP contribution in [0.5, 0.6) is 0 Å². The van der Waals surface area contributed by atoms with Crippen molar-refractivity contribution in [1.82, 2.24) is 9.97 Å². The fourth-order valence-corrected chi connectivity index (χ4v) is 2.84. The first-order valence-electron chi connectivity index (χ1n) is 7.80. The molecule has 132 valence electrons. The zero-order chi connectivity index (χ0) is 18.7. The van der Waals surface area contributed by atoms with Crippen molar-refractivity contribution in [1.29, 1.82) is 0 Å². The highest BCUT2D eigenvalue weighted by molar-refractivity contribution is 9.10. The van der Waals surface area contributed by atoms with Crippen LogP contribution in [-0.4, -0.2) is 15.7 Å². The van der Waals surface area contributed by atoms with Crippen molar-refractivity contribution in [3.05, 3.63) is 74.3 Å². The number of halogens is 3. The molecule has 1 heterocycles. The molecule has 1 N–H and O–H groups in total. The Labute approximate surface area is 170 Å². The van der Waals surface area contributed by atoms with Gasteiger partial charge in [-0.1, -0.05) is 57.3 Å². The zero-order valence-corrected chi connectivity index (χ0v) is 17.2. The summed E-state index contributed by atoms with van der Waals surface area (Å²) in [6.07, 6.45) is 0.